The van der Waals surface area contributed by atoms with Crippen molar-refractivity contribution in [3.8, 4) is 0 Å². The van der Waals surface area contributed by atoms with Crippen molar-refractivity contribution in [3.05, 3.63) is 95.3 Å². The van der Waals surface area contributed by atoms with E-state index in [1.165, 1.54) is 16.7 Å². The molecular weight excluding hydrogens is 372 g/mol. The average Bonchev–Trinajstić information content (AvgIpc) is 3.20. The van der Waals surface area contributed by atoms with Crippen LogP contribution in [0, 0.1) is 6.92 Å². The van der Waals surface area contributed by atoms with Crippen LogP contribution in [0.1, 0.15) is 35.2 Å². The Kier molecular flexibility index (Phi) is 8.28. The van der Waals surface area contributed by atoms with Crippen LogP contribution in [-0.2, 0) is 29.0 Å². The van der Waals surface area contributed by atoms with Gasteiger partial charge < -0.3 is 14.2 Å². The van der Waals surface area contributed by atoms with E-state index in [1.807, 2.05) is 23.1 Å². The van der Waals surface area contributed by atoms with Crippen molar-refractivity contribution in [2.75, 3.05) is 20.3 Å². The molecule has 0 spiro atoms. The third kappa shape index (κ3) is 6.33. The molecular formula is C26H32N2O2. The Morgan fingerprint density at radius 3 is 2.53 bits per heavy atom. The van der Waals surface area contributed by atoms with E-state index in [-0.39, 0.29) is 5.91 Å². The Labute approximate surface area is 180 Å². The second-order valence-electron chi connectivity index (χ2n) is 7.70. The first-order valence-electron chi connectivity index (χ1n) is 10.7. The lowest BCUT2D eigenvalue weighted by Crippen LogP contribution is -2.33. The molecule has 0 bridgehead atoms. The lowest BCUT2D eigenvalue weighted by molar-refractivity contribution is -0.132. The average molecular weight is 405 g/mol. The van der Waals surface area contributed by atoms with Crippen molar-refractivity contribution in [2.24, 2.45) is 0 Å². The minimum atomic E-state index is 0.193. The SMILES string of the molecule is COCCCN(Cc1cccn1Cc1ccccc1C)C(=O)CCc1ccccc1. The molecule has 30 heavy (non-hydrogen) atoms. The molecule has 3 aromatic rings. The van der Waals surface area contributed by atoms with Crippen LogP contribution in [0.2, 0.25) is 0 Å². The lowest BCUT2D eigenvalue weighted by Gasteiger charge is -2.24. The molecule has 2 aromatic carbocycles. The molecule has 0 aliphatic carbocycles. The number of carbonyl (C=O) groups is 1. The van der Waals surface area contributed by atoms with Crippen molar-refractivity contribution in [3.63, 3.8) is 0 Å². The lowest BCUT2D eigenvalue weighted by atomic mass is 10.1. The zero-order chi connectivity index (χ0) is 21.2. The number of amides is 1. The summed E-state index contributed by atoms with van der Waals surface area (Å²) in [5.41, 5.74) is 4.94. The number of aromatic nitrogens is 1. The smallest absolute Gasteiger partial charge is 0.223 e. The fraction of sp³-hybridized carbons (Fsp3) is 0.346. The summed E-state index contributed by atoms with van der Waals surface area (Å²) in [6.07, 6.45) is 4.23. The van der Waals surface area contributed by atoms with Gasteiger partial charge in [0, 0.05) is 45.1 Å². The molecule has 3 rings (SSSR count). The monoisotopic (exact) mass is 404 g/mol. The van der Waals surface area contributed by atoms with Crippen molar-refractivity contribution in [1.82, 2.24) is 9.47 Å². The Hall–Kier alpha value is -2.85. The highest BCUT2D eigenvalue weighted by Gasteiger charge is 2.16. The second kappa shape index (κ2) is 11.4. The summed E-state index contributed by atoms with van der Waals surface area (Å²) >= 11 is 0. The maximum absolute atomic E-state index is 13.0. The summed E-state index contributed by atoms with van der Waals surface area (Å²) in [6, 6.07) is 22.8. The van der Waals surface area contributed by atoms with E-state index in [0.717, 1.165) is 25.1 Å². The fourth-order valence-corrected chi connectivity index (χ4v) is 3.66. The predicted molar refractivity (Wildman–Crippen MR) is 121 cm³/mol. The molecule has 4 heteroatoms. The molecule has 1 amide bonds. The van der Waals surface area contributed by atoms with Gasteiger partial charge in [0.25, 0.3) is 0 Å². The van der Waals surface area contributed by atoms with Crippen LogP contribution < -0.4 is 0 Å². The number of carbonyl (C=O) groups excluding carboxylic acids is 1. The summed E-state index contributed by atoms with van der Waals surface area (Å²) < 4.78 is 7.46. The molecule has 0 saturated heterocycles. The van der Waals surface area contributed by atoms with E-state index in [0.29, 0.717) is 26.1 Å². The van der Waals surface area contributed by atoms with Gasteiger partial charge in [-0.3, -0.25) is 4.79 Å². The van der Waals surface area contributed by atoms with Gasteiger partial charge in [-0.1, -0.05) is 54.6 Å². The maximum atomic E-state index is 13.0. The van der Waals surface area contributed by atoms with Crippen molar-refractivity contribution in [1.29, 1.82) is 0 Å². The topological polar surface area (TPSA) is 34.5 Å². The fourth-order valence-electron chi connectivity index (χ4n) is 3.66. The summed E-state index contributed by atoms with van der Waals surface area (Å²) in [7, 11) is 1.70. The summed E-state index contributed by atoms with van der Waals surface area (Å²) in [6.45, 7) is 4.95. The van der Waals surface area contributed by atoms with Crippen molar-refractivity contribution in [2.45, 2.75) is 39.3 Å². The zero-order valence-corrected chi connectivity index (χ0v) is 18.1. The Morgan fingerprint density at radius 2 is 1.77 bits per heavy atom. The molecule has 158 valence electrons. The Morgan fingerprint density at radius 1 is 1.00 bits per heavy atom. The van der Waals surface area contributed by atoms with Crippen LogP contribution in [0.3, 0.4) is 0 Å². The van der Waals surface area contributed by atoms with Gasteiger partial charge in [-0.25, -0.2) is 0 Å². The van der Waals surface area contributed by atoms with E-state index in [9.17, 15) is 4.79 Å². The molecule has 0 aliphatic rings. The molecule has 0 atom stereocenters. The van der Waals surface area contributed by atoms with Gasteiger partial charge in [0.1, 0.15) is 0 Å². The minimum Gasteiger partial charge on any atom is -0.385 e. The van der Waals surface area contributed by atoms with Crippen LogP contribution in [0.15, 0.2) is 72.9 Å². The number of methoxy groups -OCH3 is 1. The van der Waals surface area contributed by atoms with E-state index in [2.05, 4.69) is 66.2 Å². The van der Waals surface area contributed by atoms with Crippen LogP contribution in [-0.4, -0.2) is 35.6 Å². The molecule has 4 nitrogen and oxygen atoms in total. The number of nitrogens with zero attached hydrogens (tertiary/aromatic N) is 2. The molecule has 0 radical (unpaired) electrons. The van der Waals surface area contributed by atoms with Gasteiger partial charge in [0.05, 0.1) is 6.54 Å². The van der Waals surface area contributed by atoms with E-state index in [1.54, 1.807) is 7.11 Å². The Bertz CT molecular complexity index is 918. The van der Waals surface area contributed by atoms with Gasteiger partial charge in [0.2, 0.25) is 5.91 Å². The number of ether oxygens (including phenoxy) is 1. The van der Waals surface area contributed by atoms with Crippen molar-refractivity contribution >= 4 is 5.91 Å². The maximum Gasteiger partial charge on any atom is 0.223 e. The zero-order valence-electron chi connectivity index (χ0n) is 18.1. The predicted octanol–water partition coefficient (Wildman–Crippen LogP) is 4.84. The first kappa shape index (κ1) is 21.8. The van der Waals surface area contributed by atoms with Gasteiger partial charge in [0.15, 0.2) is 0 Å². The first-order valence-corrected chi connectivity index (χ1v) is 10.7. The molecule has 0 aliphatic heterocycles. The third-order valence-corrected chi connectivity index (χ3v) is 5.48. The first-order chi connectivity index (χ1) is 14.7. The molecule has 0 N–H and O–H groups in total. The van der Waals surface area contributed by atoms with Gasteiger partial charge in [-0.2, -0.15) is 0 Å². The molecule has 0 unspecified atom stereocenters. The van der Waals surface area contributed by atoms with Gasteiger partial charge in [-0.05, 0) is 48.6 Å². The minimum absolute atomic E-state index is 0.193. The van der Waals surface area contributed by atoms with E-state index >= 15 is 0 Å². The van der Waals surface area contributed by atoms with Gasteiger partial charge >= 0.3 is 0 Å². The van der Waals surface area contributed by atoms with E-state index < -0.39 is 0 Å². The van der Waals surface area contributed by atoms with E-state index in [4.69, 9.17) is 4.74 Å². The molecule has 1 heterocycles. The molecule has 0 saturated carbocycles. The highest BCUT2D eigenvalue weighted by Crippen LogP contribution is 2.15. The largest absolute Gasteiger partial charge is 0.385 e. The standard InChI is InChI=1S/C26H32N2O2/c1-22-10-6-7-13-24(22)20-27-17-8-14-25(27)21-28(18-9-19-30-2)26(29)16-15-23-11-4-3-5-12-23/h3-8,10-14,17H,9,15-16,18-21H2,1-2H3. The highest BCUT2D eigenvalue weighted by molar-refractivity contribution is 5.76. The van der Waals surface area contributed by atoms with Crippen LogP contribution in [0.25, 0.3) is 0 Å². The van der Waals surface area contributed by atoms with Crippen LogP contribution in [0.4, 0.5) is 0 Å². The number of benzene rings is 2. The second-order valence-corrected chi connectivity index (χ2v) is 7.70. The summed E-state index contributed by atoms with van der Waals surface area (Å²) in [5.74, 6) is 0.193. The van der Waals surface area contributed by atoms with Crippen molar-refractivity contribution < 1.29 is 9.53 Å². The van der Waals surface area contributed by atoms with Gasteiger partial charge in [-0.15, -0.1) is 0 Å². The van der Waals surface area contributed by atoms with Crippen LogP contribution in [0.5, 0.6) is 0 Å². The number of aryl methyl sites for hydroxylation is 2. The quantitative estimate of drug-likeness (QED) is 0.429. The number of hydrogen-bond donors (Lipinski definition) is 0. The molecule has 0 fully saturated rings. The summed E-state index contributed by atoms with van der Waals surface area (Å²) in [5, 5.41) is 0. The highest BCUT2D eigenvalue weighted by atomic mass is 16.5. The third-order valence-electron chi connectivity index (χ3n) is 5.48. The summed E-state index contributed by atoms with van der Waals surface area (Å²) in [4.78, 5) is 15.0. The molecule has 1 aromatic heterocycles. The van der Waals surface area contributed by atoms with Crippen LogP contribution >= 0.6 is 0 Å². The number of rotatable bonds is 11. The number of hydrogen-bond acceptors (Lipinski definition) is 2. The Balaban J connectivity index is 1.68. The normalized spacial score (nSPS) is 10.9.